The minimum Gasteiger partial charge on any atom is -0.325 e. The third-order valence-electron chi connectivity index (χ3n) is 5.01. The number of halogens is 2. The fourth-order valence-corrected chi connectivity index (χ4v) is 5.23. The molecule has 8 nitrogen and oxygen atoms in total. The van der Waals surface area contributed by atoms with E-state index in [1.165, 1.54) is 28.6 Å². The molecule has 1 saturated heterocycles. The summed E-state index contributed by atoms with van der Waals surface area (Å²) in [6.07, 6.45) is 0.551. The minimum atomic E-state index is -3.93. The number of aryl methyl sites for hydroxylation is 1. The number of hydrogen-bond donors (Lipinski definition) is 1. The van der Waals surface area contributed by atoms with E-state index in [1.807, 2.05) is 0 Å². The van der Waals surface area contributed by atoms with Gasteiger partial charge in [-0.3, -0.25) is 14.9 Å². The van der Waals surface area contributed by atoms with Crippen LogP contribution in [0.1, 0.15) is 18.4 Å². The lowest BCUT2D eigenvalue weighted by Crippen LogP contribution is -2.41. The molecule has 0 aliphatic carbocycles. The van der Waals surface area contributed by atoms with Crippen LogP contribution in [-0.4, -0.2) is 36.6 Å². The van der Waals surface area contributed by atoms with Crippen LogP contribution in [0.15, 0.2) is 41.3 Å². The summed E-state index contributed by atoms with van der Waals surface area (Å²) in [5, 5.41) is 13.7. The van der Waals surface area contributed by atoms with Crippen molar-refractivity contribution in [1.29, 1.82) is 0 Å². The van der Waals surface area contributed by atoms with Crippen LogP contribution in [0.2, 0.25) is 5.02 Å². The largest absolute Gasteiger partial charge is 0.325 e. The Morgan fingerprint density at radius 3 is 2.50 bits per heavy atom. The molecule has 2 aromatic carbocycles. The van der Waals surface area contributed by atoms with Crippen LogP contribution in [0.25, 0.3) is 0 Å². The lowest BCUT2D eigenvalue weighted by Gasteiger charge is -2.31. The minimum absolute atomic E-state index is 0.0736. The van der Waals surface area contributed by atoms with Crippen molar-refractivity contribution in [1.82, 2.24) is 4.31 Å². The Hall–Kier alpha value is -2.56. The lowest BCUT2D eigenvalue weighted by molar-refractivity contribution is -0.385. The van der Waals surface area contributed by atoms with E-state index in [4.69, 9.17) is 11.6 Å². The second-order valence-corrected chi connectivity index (χ2v) is 9.31. The summed E-state index contributed by atoms with van der Waals surface area (Å²) in [6, 6.07) is 7.34. The topological polar surface area (TPSA) is 110 Å². The smallest absolute Gasteiger partial charge is 0.270 e. The van der Waals surface area contributed by atoms with E-state index < -0.39 is 26.7 Å². The predicted molar refractivity (Wildman–Crippen MR) is 109 cm³/mol. The number of nitro benzene ring substituents is 1. The van der Waals surface area contributed by atoms with E-state index in [1.54, 1.807) is 6.92 Å². The third kappa shape index (κ3) is 4.61. The van der Waals surface area contributed by atoms with Crippen molar-refractivity contribution in [2.24, 2.45) is 5.92 Å². The lowest BCUT2D eigenvalue weighted by atomic mass is 9.97. The monoisotopic (exact) mass is 455 g/mol. The first-order chi connectivity index (χ1) is 14.1. The molecular formula is C19H19ClFN3O5S. The molecule has 160 valence electrons. The summed E-state index contributed by atoms with van der Waals surface area (Å²) in [5.41, 5.74) is 0.390. The second kappa shape index (κ2) is 8.66. The number of nitrogens with zero attached hydrogens (tertiary/aromatic N) is 2. The number of non-ortho nitro benzene ring substituents is 1. The van der Waals surface area contributed by atoms with E-state index in [9.17, 15) is 27.7 Å². The summed E-state index contributed by atoms with van der Waals surface area (Å²) in [6.45, 7) is 1.77. The predicted octanol–water partition coefficient (Wildman–Crippen LogP) is 3.74. The number of carbonyl (C=O) groups is 1. The molecule has 0 aromatic heterocycles. The van der Waals surface area contributed by atoms with Gasteiger partial charge in [-0.25, -0.2) is 12.8 Å². The van der Waals surface area contributed by atoms with E-state index >= 15 is 0 Å². The molecule has 11 heteroatoms. The SMILES string of the molecule is Cc1ccc([N+](=O)[O-])cc1S(=O)(=O)N1CCC(C(=O)Nc2ccc(F)cc2Cl)CC1. The standard InChI is InChI=1S/C19H19ClFN3O5S/c1-12-2-4-15(24(26)27)11-18(12)30(28,29)23-8-6-13(7-9-23)19(25)22-17-5-3-14(21)10-16(17)20/h2-5,10-11,13H,6-9H2,1H3,(H,22,25). The molecule has 0 radical (unpaired) electrons. The highest BCUT2D eigenvalue weighted by Crippen LogP contribution is 2.29. The Bertz CT molecular complexity index is 1100. The molecule has 2 aromatic rings. The molecule has 0 unspecified atom stereocenters. The molecule has 1 aliphatic rings. The highest BCUT2D eigenvalue weighted by atomic mass is 35.5. The number of amides is 1. The van der Waals surface area contributed by atoms with Crippen LogP contribution in [0.3, 0.4) is 0 Å². The van der Waals surface area contributed by atoms with Crippen LogP contribution < -0.4 is 5.32 Å². The zero-order chi connectivity index (χ0) is 22.1. The molecular weight excluding hydrogens is 437 g/mol. The molecule has 3 rings (SSSR count). The van der Waals surface area contributed by atoms with E-state index in [0.29, 0.717) is 5.56 Å². The number of nitro groups is 1. The van der Waals surface area contributed by atoms with Gasteiger partial charge in [0.1, 0.15) is 5.82 Å². The molecule has 0 saturated carbocycles. The van der Waals surface area contributed by atoms with E-state index in [2.05, 4.69) is 5.32 Å². The van der Waals surface area contributed by atoms with Crippen molar-refractivity contribution >= 4 is 38.9 Å². The Kier molecular flexibility index (Phi) is 6.39. The highest BCUT2D eigenvalue weighted by molar-refractivity contribution is 7.89. The Morgan fingerprint density at radius 2 is 1.90 bits per heavy atom. The van der Waals surface area contributed by atoms with Crippen molar-refractivity contribution in [2.45, 2.75) is 24.7 Å². The second-order valence-electron chi connectivity index (χ2n) is 7.00. The maximum atomic E-state index is 13.1. The van der Waals surface area contributed by atoms with Gasteiger partial charge in [0.15, 0.2) is 0 Å². The molecule has 0 bridgehead atoms. The molecule has 0 atom stereocenters. The first-order valence-corrected chi connectivity index (χ1v) is 10.9. The van der Waals surface area contributed by atoms with Gasteiger partial charge in [0, 0.05) is 31.1 Å². The van der Waals surface area contributed by atoms with Gasteiger partial charge in [-0.15, -0.1) is 0 Å². The maximum absolute atomic E-state index is 13.1. The molecule has 1 aliphatic heterocycles. The number of sulfonamides is 1. The van der Waals surface area contributed by atoms with Crippen LogP contribution in [0.5, 0.6) is 0 Å². The molecule has 30 heavy (non-hydrogen) atoms. The van der Waals surface area contributed by atoms with Gasteiger partial charge >= 0.3 is 0 Å². The first kappa shape index (κ1) is 22.1. The molecule has 1 N–H and O–H groups in total. The normalized spacial score (nSPS) is 15.7. The molecule has 1 fully saturated rings. The van der Waals surface area contributed by atoms with Crippen LogP contribution in [-0.2, 0) is 14.8 Å². The maximum Gasteiger partial charge on any atom is 0.270 e. The number of piperidine rings is 1. The van der Waals surface area contributed by atoms with E-state index in [0.717, 1.165) is 12.1 Å². The Morgan fingerprint density at radius 1 is 1.23 bits per heavy atom. The van der Waals surface area contributed by atoms with Crippen molar-refractivity contribution in [2.75, 3.05) is 18.4 Å². The summed E-state index contributed by atoms with van der Waals surface area (Å²) in [4.78, 5) is 22.7. The quantitative estimate of drug-likeness (QED) is 0.545. The van der Waals surface area contributed by atoms with E-state index in [-0.39, 0.29) is 53.1 Å². The van der Waals surface area contributed by atoms with Gasteiger partial charge < -0.3 is 5.32 Å². The number of hydrogen-bond acceptors (Lipinski definition) is 5. The molecule has 1 amide bonds. The molecule has 1 heterocycles. The van der Waals surface area contributed by atoms with Crippen molar-refractivity contribution in [3.63, 3.8) is 0 Å². The zero-order valence-electron chi connectivity index (χ0n) is 16.0. The Labute approximate surface area is 177 Å². The van der Waals surface area contributed by atoms with Gasteiger partial charge in [-0.05, 0) is 43.5 Å². The summed E-state index contributed by atoms with van der Waals surface area (Å²) < 4.78 is 40.3. The average Bonchev–Trinajstić information content (AvgIpc) is 2.70. The number of nitrogens with one attached hydrogen (secondary N) is 1. The summed E-state index contributed by atoms with van der Waals surface area (Å²) in [5.74, 6) is -1.29. The van der Waals surface area contributed by atoms with Gasteiger partial charge in [0.05, 0.1) is 20.5 Å². The first-order valence-electron chi connectivity index (χ1n) is 9.10. The number of carbonyl (C=O) groups excluding carboxylic acids is 1. The summed E-state index contributed by atoms with van der Waals surface area (Å²) >= 11 is 5.92. The third-order valence-corrected chi connectivity index (χ3v) is 7.37. The van der Waals surface area contributed by atoms with Crippen molar-refractivity contribution in [3.05, 3.63) is 62.9 Å². The van der Waals surface area contributed by atoms with Crippen molar-refractivity contribution in [3.8, 4) is 0 Å². The van der Waals surface area contributed by atoms with Gasteiger partial charge in [0.25, 0.3) is 5.69 Å². The van der Waals surface area contributed by atoms with Gasteiger partial charge in [0.2, 0.25) is 15.9 Å². The van der Waals surface area contributed by atoms with Crippen LogP contribution in [0.4, 0.5) is 15.8 Å². The fraction of sp³-hybridized carbons (Fsp3) is 0.316. The Balaban J connectivity index is 1.69. The van der Waals surface area contributed by atoms with Gasteiger partial charge in [-0.2, -0.15) is 4.31 Å². The van der Waals surface area contributed by atoms with Crippen molar-refractivity contribution < 1.29 is 22.5 Å². The number of anilines is 1. The summed E-state index contributed by atoms with van der Waals surface area (Å²) in [7, 11) is -3.93. The molecule has 0 spiro atoms. The zero-order valence-corrected chi connectivity index (χ0v) is 17.5. The number of rotatable bonds is 5. The van der Waals surface area contributed by atoms with Crippen LogP contribution >= 0.6 is 11.6 Å². The van der Waals surface area contributed by atoms with Crippen LogP contribution in [0, 0.1) is 28.8 Å². The average molecular weight is 456 g/mol. The highest BCUT2D eigenvalue weighted by Gasteiger charge is 2.33. The van der Waals surface area contributed by atoms with Gasteiger partial charge in [-0.1, -0.05) is 17.7 Å². The fourth-order valence-electron chi connectivity index (χ4n) is 3.30. The number of benzene rings is 2.